The van der Waals surface area contributed by atoms with Gasteiger partial charge in [0.1, 0.15) is 5.82 Å². The molecule has 2 N–H and O–H groups in total. The zero-order valence-corrected chi connectivity index (χ0v) is 12.3. The maximum atomic E-state index is 14.3. The molecule has 110 valence electrons. The number of nitrogens with one attached hydrogen (secondary N) is 2. The lowest BCUT2D eigenvalue weighted by Crippen LogP contribution is -2.30. The highest BCUT2D eigenvalue weighted by Gasteiger charge is 2.22. The van der Waals surface area contributed by atoms with Crippen molar-refractivity contribution in [1.29, 1.82) is 5.41 Å². The number of amidine groups is 1. The average molecular weight is 305 g/mol. The first-order valence-corrected chi connectivity index (χ1v) is 7.79. The smallest absolute Gasteiger partial charge is 0.264 e. The fourth-order valence-electron chi connectivity index (χ4n) is 2.60. The molecule has 2 heterocycles. The molecule has 6 heteroatoms. The van der Waals surface area contributed by atoms with E-state index >= 15 is 0 Å². The highest BCUT2D eigenvalue weighted by atomic mass is 32.2. The van der Waals surface area contributed by atoms with Crippen molar-refractivity contribution in [2.75, 3.05) is 18.0 Å². The molecule has 0 atom stereocenters. The highest BCUT2D eigenvalue weighted by molar-refractivity contribution is 8.18. The van der Waals surface area contributed by atoms with Gasteiger partial charge >= 0.3 is 0 Å². The maximum Gasteiger partial charge on any atom is 0.264 e. The first kappa shape index (κ1) is 14.1. The Morgan fingerprint density at radius 2 is 2.05 bits per heavy atom. The van der Waals surface area contributed by atoms with Gasteiger partial charge in [0.2, 0.25) is 0 Å². The van der Waals surface area contributed by atoms with E-state index in [9.17, 15) is 9.18 Å². The van der Waals surface area contributed by atoms with E-state index in [0.717, 1.165) is 37.7 Å². The second kappa shape index (κ2) is 5.89. The number of anilines is 1. The van der Waals surface area contributed by atoms with Crippen LogP contribution in [0.25, 0.3) is 6.08 Å². The van der Waals surface area contributed by atoms with E-state index in [2.05, 4.69) is 10.2 Å². The Hall–Kier alpha value is -1.82. The quantitative estimate of drug-likeness (QED) is 0.826. The van der Waals surface area contributed by atoms with Crippen LogP contribution in [0.4, 0.5) is 10.1 Å². The lowest BCUT2D eigenvalue weighted by molar-refractivity contribution is -0.115. The van der Waals surface area contributed by atoms with Gasteiger partial charge in [0, 0.05) is 13.1 Å². The number of amides is 1. The highest BCUT2D eigenvalue weighted by Crippen LogP contribution is 2.28. The van der Waals surface area contributed by atoms with Crippen molar-refractivity contribution < 1.29 is 9.18 Å². The van der Waals surface area contributed by atoms with Crippen molar-refractivity contribution in [3.63, 3.8) is 0 Å². The van der Waals surface area contributed by atoms with E-state index in [4.69, 9.17) is 5.41 Å². The Morgan fingerprint density at radius 1 is 1.29 bits per heavy atom. The summed E-state index contributed by atoms with van der Waals surface area (Å²) >= 11 is 1.06. The molecule has 1 aromatic carbocycles. The van der Waals surface area contributed by atoms with Crippen molar-refractivity contribution in [3.8, 4) is 0 Å². The number of piperidine rings is 1. The van der Waals surface area contributed by atoms with Crippen LogP contribution >= 0.6 is 11.8 Å². The molecule has 0 unspecified atom stereocenters. The molecule has 0 bridgehead atoms. The molecule has 0 saturated carbocycles. The predicted octanol–water partition coefficient (Wildman–Crippen LogP) is 2.95. The second-order valence-corrected chi connectivity index (χ2v) is 6.20. The van der Waals surface area contributed by atoms with E-state index in [-0.39, 0.29) is 16.9 Å². The monoisotopic (exact) mass is 305 g/mol. The molecular formula is C15H16FN3OS. The fourth-order valence-corrected chi connectivity index (χ4v) is 3.30. The van der Waals surface area contributed by atoms with Crippen LogP contribution in [-0.2, 0) is 4.79 Å². The molecule has 2 fully saturated rings. The third kappa shape index (κ3) is 3.10. The summed E-state index contributed by atoms with van der Waals surface area (Å²) in [6.45, 7) is 1.79. The summed E-state index contributed by atoms with van der Waals surface area (Å²) in [6, 6.07) is 5.04. The molecule has 2 aliphatic heterocycles. The minimum Gasteiger partial charge on any atom is -0.369 e. The van der Waals surface area contributed by atoms with Crippen LogP contribution in [-0.4, -0.2) is 24.2 Å². The lowest BCUT2D eigenvalue weighted by atomic mass is 10.1. The Bertz CT molecular complexity index is 623. The van der Waals surface area contributed by atoms with Crippen molar-refractivity contribution >= 4 is 34.6 Å². The first-order chi connectivity index (χ1) is 10.1. The molecule has 1 amide bonds. The minimum absolute atomic E-state index is 0.108. The van der Waals surface area contributed by atoms with Crippen LogP contribution in [0.15, 0.2) is 23.1 Å². The fraction of sp³-hybridized carbons (Fsp3) is 0.333. The van der Waals surface area contributed by atoms with E-state index in [1.165, 1.54) is 12.5 Å². The van der Waals surface area contributed by atoms with Gasteiger partial charge in [0.15, 0.2) is 5.17 Å². The molecule has 3 rings (SSSR count). The number of rotatable bonds is 2. The van der Waals surface area contributed by atoms with Crippen molar-refractivity contribution in [2.24, 2.45) is 0 Å². The van der Waals surface area contributed by atoms with Gasteiger partial charge in [-0.25, -0.2) is 4.39 Å². The summed E-state index contributed by atoms with van der Waals surface area (Å²) in [6.07, 6.45) is 5.03. The lowest BCUT2D eigenvalue weighted by Gasteiger charge is -2.29. The Balaban J connectivity index is 1.82. The first-order valence-electron chi connectivity index (χ1n) is 6.97. The zero-order chi connectivity index (χ0) is 14.8. The normalized spacial score (nSPS) is 21.0. The molecule has 2 aliphatic rings. The molecule has 4 nitrogen and oxygen atoms in total. The number of thioether (sulfide) groups is 1. The topological polar surface area (TPSA) is 56.2 Å². The van der Waals surface area contributed by atoms with Crippen LogP contribution < -0.4 is 10.2 Å². The van der Waals surface area contributed by atoms with Gasteiger partial charge in [-0.3, -0.25) is 10.2 Å². The summed E-state index contributed by atoms with van der Waals surface area (Å²) in [5.74, 6) is -0.560. The number of carbonyl (C=O) groups is 1. The van der Waals surface area contributed by atoms with Crippen LogP contribution in [0, 0.1) is 11.2 Å². The zero-order valence-electron chi connectivity index (χ0n) is 11.5. The van der Waals surface area contributed by atoms with Gasteiger partial charge in [-0.2, -0.15) is 0 Å². The molecule has 0 aliphatic carbocycles. The third-order valence-corrected chi connectivity index (χ3v) is 4.46. The Kier molecular flexibility index (Phi) is 3.96. The number of hydrogen-bond donors (Lipinski definition) is 2. The summed E-state index contributed by atoms with van der Waals surface area (Å²) in [4.78, 5) is 14.0. The Labute approximate surface area is 126 Å². The summed E-state index contributed by atoms with van der Waals surface area (Å²) in [7, 11) is 0. The van der Waals surface area contributed by atoms with Gasteiger partial charge in [-0.15, -0.1) is 0 Å². The van der Waals surface area contributed by atoms with Crippen molar-refractivity contribution in [1.82, 2.24) is 5.32 Å². The molecule has 0 aromatic heterocycles. The maximum absolute atomic E-state index is 14.3. The number of benzene rings is 1. The number of nitrogens with zero attached hydrogens (tertiary/aromatic N) is 1. The number of hydrogen-bond acceptors (Lipinski definition) is 4. The molecular weight excluding hydrogens is 289 g/mol. The molecule has 1 aromatic rings. The number of halogens is 1. The molecule has 0 radical (unpaired) electrons. The van der Waals surface area contributed by atoms with Crippen LogP contribution in [0.2, 0.25) is 0 Å². The third-order valence-electron chi connectivity index (χ3n) is 3.63. The molecule has 21 heavy (non-hydrogen) atoms. The van der Waals surface area contributed by atoms with Crippen molar-refractivity contribution in [2.45, 2.75) is 19.3 Å². The SMILES string of the molecule is N=C1NC(=O)C(=Cc2ccc(N3CCCCC3)c(F)c2)S1. The van der Waals surface area contributed by atoms with E-state index in [0.29, 0.717) is 16.2 Å². The predicted molar refractivity (Wildman–Crippen MR) is 83.9 cm³/mol. The van der Waals surface area contributed by atoms with Gasteiger partial charge in [0.25, 0.3) is 5.91 Å². The van der Waals surface area contributed by atoms with E-state index in [1.807, 2.05) is 6.07 Å². The average Bonchev–Trinajstić information content (AvgIpc) is 2.78. The minimum atomic E-state index is -0.300. The summed E-state index contributed by atoms with van der Waals surface area (Å²) in [5.41, 5.74) is 1.27. The van der Waals surface area contributed by atoms with Gasteiger partial charge < -0.3 is 10.2 Å². The standard InChI is InChI=1S/C15H16FN3OS/c16-11-8-10(9-13-14(20)18-15(17)21-13)4-5-12(11)19-6-2-1-3-7-19/h4-5,8-9H,1-3,6-7H2,(H2,17,18,20). The second-order valence-electron chi connectivity index (χ2n) is 5.15. The largest absolute Gasteiger partial charge is 0.369 e. The van der Waals surface area contributed by atoms with Crippen LogP contribution in [0.3, 0.4) is 0 Å². The van der Waals surface area contributed by atoms with Crippen LogP contribution in [0.1, 0.15) is 24.8 Å². The molecule has 0 spiro atoms. The van der Waals surface area contributed by atoms with Gasteiger partial charge in [0.05, 0.1) is 10.6 Å². The van der Waals surface area contributed by atoms with Gasteiger partial charge in [-0.05, 0) is 54.8 Å². The van der Waals surface area contributed by atoms with Gasteiger partial charge in [-0.1, -0.05) is 6.07 Å². The van der Waals surface area contributed by atoms with Crippen LogP contribution in [0.5, 0.6) is 0 Å². The summed E-state index contributed by atoms with van der Waals surface area (Å²) < 4.78 is 14.3. The van der Waals surface area contributed by atoms with E-state index in [1.54, 1.807) is 12.1 Å². The van der Waals surface area contributed by atoms with Crippen molar-refractivity contribution in [3.05, 3.63) is 34.5 Å². The molecule has 2 saturated heterocycles. The van der Waals surface area contributed by atoms with E-state index < -0.39 is 0 Å². The summed E-state index contributed by atoms with van der Waals surface area (Å²) in [5, 5.41) is 9.90. The number of carbonyl (C=O) groups excluding carboxylic acids is 1. The Morgan fingerprint density at radius 3 is 2.67 bits per heavy atom.